The molecule has 4 heteroatoms. The van der Waals surface area contributed by atoms with Gasteiger partial charge in [0, 0.05) is 11.9 Å². The van der Waals surface area contributed by atoms with Crippen LogP contribution in [-0.4, -0.2) is 26.4 Å². The molecule has 0 aromatic heterocycles. The summed E-state index contributed by atoms with van der Waals surface area (Å²) < 4.78 is 16.7. The zero-order chi connectivity index (χ0) is 12.1. The Morgan fingerprint density at radius 3 is 2.94 bits per heavy atom. The Kier molecular flexibility index (Phi) is 4.68. The third-order valence-corrected chi connectivity index (χ3v) is 3.44. The SMILES string of the molecule is COc1cc(CBr)ccc1OC1CCCOC1. The molecule has 0 bridgehead atoms. The molecule has 2 rings (SSSR count). The Hall–Kier alpha value is -0.740. The second-order valence-electron chi connectivity index (χ2n) is 4.08. The van der Waals surface area contributed by atoms with Crippen molar-refractivity contribution in [2.45, 2.75) is 24.3 Å². The Bertz CT molecular complexity index is 362. The molecule has 0 aliphatic carbocycles. The highest BCUT2D eigenvalue weighted by atomic mass is 79.9. The summed E-state index contributed by atoms with van der Waals surface area (Å²) in [5, 5.41) is 0.816. The normalized spacial score (nSPS) is 20.0. The van der Waals surface area contributed by atoms with Gasteiger partial charge in [-0.3, -0.25) is 0 Å². The van der Waals surface area contributed by atoms with Gasteiger partial charge in [0.15, 0.2) is 11.5 Å². The van der Waals surface area contributed by atoms with Crippen molar-refractivity contribution >= 4 is 15.9 Å². The number of ether oxygens (including phenoxy) is 3. The van der Waals surface area contributed by atoms with E-state index in [-0.39, 0.29) is 6.10 Å². The second-order valence-corrected chi connectivity index (χ2v) is 4.64. The van der Waals surface area contributed by atoms with Gasteiger partial charge >= 0.3 is 0 Å². The van der Waals surface area contributed by atoms with Gasteiger partial charge in [0.2, 0.25) is 0 Å². The van der Waals surface area contributed by atoms with Crippen LogP contribution in [0.25, 0.3) is 0 Å². The fraction of sp³-hybridized carbons (Fsp3) is 0.538. The van der Waals surface area contributed by atoms with Gasteiger partial charge in [-0.05, 0) is 30.5 Å². The van der Waals surface area contributed by atoms with Gasteiger partial charge in [0.1, 0.15) is 6.10 Å². The van der Waals surface area contributed by atoms with Crippen molar-refractivity contribution in [1.29, 1.82) is 0 Å². The molecule has 17 heavy (non-hydrogen) atoms. The first-order valence-corrected chi connectivity index (χ1v) is 6.93. The van der Waals surface area contributed by atoms with Crippen LogP contribution in [0.5, 0.6) is 11.5 Å². The Balaban J connectivity index is 2.08. The van der Waals surface area contributed by atoms with E-state index in [2.05, 4.69) is 15.9 Å². The van der Waals surface area contributed by atoms with E-state index in [1.165, 1.54) is 5.56 Å². The highest BCUT2D eigenvalue weighted by Crippen LogP contribution is 2.30. The Labute approximate surface area is 110 Å². The fourth-order valence-electron chi connectivity index (χ4n) is 1.88. The first kappa shape index (κ1) is 12.7. The summed E-state index contributed by atoms with van der Waals surface area (Å²) in [5.41, 5.74) is 1.18. The van der Waals surface area contributed by atoms with E-state index in [4.69, 9.17) is 14.2 Å². The maximum Gasteiger partial charge on any atom is 0.161 e. The Morgan fingerprint density at radius 1 is 1.41 bits per heavy atom. The first-order chi connectivity index (χ1) is 8.33. The predicted octanol–water partition coefficient (Wildman–Crippen LogP) is 3.15. The van der Waals surface area contributed by atoms with Crippen molar-refractivity contribution in [3.05, 3.63) is 23.8 Å². The molecule has 1 aromatic carbocycles. The smallest absolute Gasteiger partial charge is 0.161 e. The third kappa shape index (κ3) is 3.36. The highest BCUT2D eigenvalue weighted by Gasteiger charge is 2.17. The molecule has 1 unspecified atom stereocenters. The maximum atomic E-state index is 5.91. The van der Waals surface area contributed by atoms with E-state index >= 15 is 0 Å². The lowest BCUT2D eigenvalue weighted by atomic mass is 10.1. The molecule has 1 atom stereocenters. The minimum atomic E-state index is 0.146. The van der Waals surface area contributed by atoms with Gasteiger partial charge in [-0.25, -0.2) is 0 Å². The number of hydrogen-bond donors (Lipinski definition) is 0. The topological polar surface area (TPSA) is 27.7 Å². The first-order valence-electron chi connectivity index (χ1n) is 5.80. The van der Waals surface area contributed by atoms with E-state index in [1.807, 2.05) is 18.2 Å². The highest BCUT2D eigenvalue weighted by molar-refractivity contribution is 9.08. The van der Waals surface area contributed by atoms with Crippen LogP contribution in [0.2, 0.25) is 0 Å². The molecule has 0 radical (unpaired) electrons. The second kappa shape index (κ2) is 6.26. The summed E-state index contributed by atoms with van der Waals surface area (Å²) in [7, 11) is 1.66. The summed E-state index contributed by atoms with van der Waals surface area (Å²) in [5.74, 6) is 1.58. The predicted molar refractivity (Wildman–Crippen MR) is 70.1 cm³/mol. The van der Waals surface area contributed by atoms with E-state index in [0.717, 1.165) is 36.3 Å². The van der Waals surface area contributed by atoms with Gasteiger partial charge in [-0.1, -0.05) is 22.0 Å². The van der Waals surface area contributed by atoms with Crippen molar-refractivity contribution in [3.63, 3.8) is 0 Å². The van der Waals surface area contributed by atoms with Crippen LogP contribution < -0.4 is 9.47 Å². The zero-order valence-electron chi connectivity index (χ0n) is 9.95. The van der Waals surface area contributed by atoms with Crippen LogP contribution in [0.15, 0.2) is 18.2 Å². The number of methoxy groups -OCH3 is 1. The lowest BCUT2D eigenvalue weighted by Gasteiger charge is -2.24. The minimum absolute atomic E-state index is 0.146. The quantitative estimate of drug-likeness (QED) is 0.800. The summed E-state index contributed by atoms with van der Waals surface area (Å²) in [6.07, 6.45) is 2.25. The average Bonchev–Trinajstić information content (AvgIpc) is 2.40. The number of hydrogen-bond acceptors (Lipinski definition) is 3. The zero-order valence-corrected chi connectivity index (χ0v) is 11.5. The fourth-order valence-corrected chi connectivity index (χ4v) is 2.22. The number of alkyl halides is 1. The third-order valence-electron chi connectivity index (χ3n) is 2.79. The summed E-state index contributed by atoms with van der Waals surface area (Å²) >= 11 is 3.43. The van der Waals surface area contributed by atoms with Gasteiger partial charge in [0.05, 0.1) is 13.7 Å². The van der Waals surface area contributed by atoms with Crippen LogP contribution in [0.4, 0.5) is 0 Å². The summed E-state index contributed by atoms with van der Waals surface area (Å²) in [6, 6.07) is 5.99. The van der Waals surface area contributed by atoms with Crippen molar-refractivity contribution in [2.24, 2.45) is 0 Å². The molecular formula is C13H17BrO3. The molecule has 0 spiro atoms. The lowest BCUT2D eigenvalue weighted by molar-refractivity contribution is 0.00644. The van der Waals surface area contributed by atoms with Crippen LogP contribution >= 0.6 is 15.9 Å². The van der Waals surface area contributed by atoms with Crippen molar-refractivity contribution in [1.82, 2.24) is 0 Å². The monoisotopic (exact) mass is 300 g/mol. The van der Waals surface area contributed by atoms with E-state index < -0.39 is 0 Å². The van der Waals surface area contributed by atoms with Crippen LogP contribution in [0, 0.1) is 0 Å². The number of rotatable bonds is 4. The Morgan fingerprint density at radius 2 is 2.29 bits per heavy atom. The van der Waals surface area contributed by atoms with Gasteiger partial charge in [0.25, 0.3) is 0 Å². The molecular weight excluding hydrogens is 284 g/mol. The van der Waals surface area contributed by atoms with Crippen LogP contribution in [0.3, 0.4) is 0 Å². The van der Waals surface area contributed by atoms with E-state index in [0.29, 0.717) is 6.61 Å². The molecule has 0 N–H and O–H groups in total. The molecule has 1 fully saturated rings. The summed E-state index contributed by atoms with van der Waals surface area (Å²) in [4.78, 5) is 0. The van der Waals surface area contributed by atoms with Crippen LogP contribution in [-0.2, 0) is 10.1 Å². The van der Waals surface area contributed by atoms with E-state index in [9.17, 15) is 0 Å². The van der Waals surface area contributed by atoms with Gasteiger partial charge in [-0.15, -0.1) is 0 Å². The molecule has 1 aliphatic rings. The molecule has 0 saturated carbocycles. The largest absolute Gasteiger partial charge is 0.493 e. The van der Waals surface area contributed by atoms with Crippen molar-refractivity contribution in [3.8, 4) is 11.5 Å². The number of halogens is 1. The average molecular weight is 301 g/mol. The molecule has 1 aliphatic heterocycles. The molecule has 1 heterocycles. The molecule has 94 valence electrons. The van der Waals surface area contributed by atoms with Crippen molar-refractivity contribution < 1.29 is 14.2 Å². The van der Waals surface area contributed by atoms with Crippen LogP contribution in [0.1, 0.15) is 18.4 Å². The van der Waals surface area contributed by atoms with Crippen molar-refractivity contribution in [2.75, 3.05) is 20.3 Å². The summed E-state index contributed by atoms with van der Waals surface area (Å²) in [6.45, 7) is 1.52. The lowest BCUT2D eigenvalue weighted by Crippen LogP contribution is -2.28. The molecule has 1 saturated heterocycles. The maximum absolute atomic E-state index is 5.91. The van der Waals surface area contributed by atoms with Gasteiger partial charge < -0.3 is 14.2 Å². The standard InChI is InChI=1S/C13H17BrO3/c1-15-13-7-10(8-14)4-5-12(13)17-11-3-2-6-16-9-11/h4-5,7,11H,2-3,6,8-9H2,1H3. The minimum Gasteiger partial charge on any atom is -0.493 e. The van der Waals surface area contributed by atoms with Gasteiger partial charge in [-0.2, -0.15) is 0 Å². The number of benzene rings is 1. The molecule has 0 amide bonds. The van der Waals surface area contributed by atoms with E-state index in [1.54, 1.807) is 7.11 Å². The molecule has 1 aromatic rings. The molecule has 3 nitrogen and oxygen atoms in total.